The Labute approximate surface area is 85.2 Å². The lowest BCUT2D eigenvalue weighted by Gasteiger charge is -2.15. The van der Waals surface area contributed by atoms with Crippen molar-refractivity contribution in [3.63, 3.8) is 0 Å². The summed E-state index contributed by atoms with van der Waals surface area (Å²) in [5, 5.41) is 3.09. The smallest absolute Gasteiger partial charge is 0.249 e. The second-order valence-electron chi connectivity index (χ2n) is 4.63. The Balaban J connectivity index is 1.76. The standard InChI is InChI=1S/C11H19NO2/c1-8-4-5-9(7-8)12-11(13)10-3-2-6-14-10/h8-10H,2-7H2,1H3,(H,12,13). The Kier molecular flexibility index (Phi) is 3.06. The van der Waals surface area contributed by atoms with Crippen molar-refractivity contribution in [2.75, 3.05) is 6.61 Å². The van der Waals surface area contributed by atoms with Crippen LogP contribution in [0.25, 0.3) is 0 Å². The monoisotopic (exact) mass is 197 g/mol. The van der Waals surface area contributed by atoms with E-state index in [1.165, 1.54) is 6.42 Å². The fourth-order valence-electron chi connectivity index (χ4n) is 2.42. The summed E-state index contributed by atoms with van der Waals surface area (Å²) < 4.78 is 5.34. The first-order valence-corrected chi connectivity index (χ1v) is 5.67. The molecule has 2 aliphatic rings. The number of carbonyl (C=O) groups is 1. The predicted molar refractivity (Wildman–Crippen MR) is 53.9 cm³/mol. The molecule has 0 radical (unpaired) electrons. The molecule has 1 saturated carbocycles. The topological polar surface area (TPSA) is 38.3 Å². The van der Waals surface area contributed by atoms with Gasteiger partial charge in [0.05, 0.1) is 0 Å². The van der Waals surface area contributed by atoms with E-state index < -0.39 is 0 Å². The maximum absolute atomic E-state index is 11.7. The molecule has 14 heavy (non-hydrogen) atoms. The zero-order valence-corrected chi connectivity index (χ0v) is 8.79. The summed E-state index contributed by atoms with van der Waals surface area (Å²) in [6.07, 6.45) is 5.29. The van der Waals surface area contributed by atoms with Crippen LogP contribution in [-0.2, 0) is 9.53 Å². The van der Waals surface area contributed by atoms with Crippen LogP contribution >= 0.6 is 0 Å². The van der Waals surface area contributed by atoms with E-state index in [0.29, 0.717) is 6.04 Å². The van der Waals surface area contributed by atoms with Gasteiger partial charge in [-0.15, -0.1) is 0 Å². The average Bonchev–Trinajstić information content (AvgIpc) is 2.75. The highest BCUT2D eigenvalue weighted by atomic mass is 16.5. The minimum absolute atomic E-state index is 0.113. The Morgan fingerprint density at radius 3 is 2.79 bits per heavy atom. The summed E-state index contributed by atoms with van der Waals surface area (Å²) in [5.41, 5.74) is 0. The molecule has 0 bridgehead atoms. The maximum Gasteiger partial charge on any atom is 0.249 e. The normalized spacial score (nSPS) is 37.4. The number of amides is 1. The van der Waals surface area contributed by atoms with Gasteiger partial charge >= 0.3 is 0 Å². The molecule has 3 nitrogen and oxygen atoms in total. The Hall–Kier alpha value is -0.570. The van der Waals surface area contributed by atoms with Gasteiger partial charge < -0.3 is 10.1 Å². The third-order valence-electron chi connectivity index (χ3n) is 3.26. The predicted octanol–water partition coefficient (Wildman–Crippen LogP) is 1.47. The van der Waals surface area contributed by atoms with Crippen LogP contribution in [0.5, 0.6) is 0 Å². The molecule has 0 aromatic rings. The highest BCUT2D eigenvalue weighted by molar-refractivity contribution is 5.81. The quantitative estimate of drug-likeness (QED) is 0.728. The Morgan fingerprint density at radius 2 is 2.21 bits per heavy atom. The third kappa shape index (κ3) is 2.27. The van der Waals surface area contributed by atoms with Gasteiger partial charge in [0.2, 0.25) is 5.91 Å². The maximum atomic E-state index is 11.7. The zero-order valence-electron chi connectivity index (χ0n) is 8.79. The molecule has 3 atom stereocenters. The fourth-order valence-corrected chi connectivity index (χ4v) is 2.42. The van der Waals surface area contributed by atoms with Crippen molar-refractivity contribution < 1.29 is 9.53 Å². The lowest BCUT2D eigenvalue weighted by Crippen LogP contribution is -2.40. The van der Waals surface area contributed by atoms with E-state index >= 15 is 0 Å². The Morgan fingerprint density at radius 1 is 1.36 bits per heavy atom. The first kappa shape index (κ1) is 9.97. The van der Waals surface area contributed by atoms with Gasteiger partial charge in [0, 0.05) is 12.6 Å². The SMILES string of the molecule is CC1CCC(NC(=O)C2CCCO2)C1. The molecule has 1 heterocycles. The number of ether oxygens (including phenoxy) is 1. The molecular weight excluding hydrogens is 178 g/mol. The van der Waals surface area contributed by atoms with Crippen molar-refractivity contribution >= 4 is 5.91 Å². The lowest BCUT2D eigenvalue weighted by atomic mass is 10.1. The molecule has 0 spiro atoms. The largest absolute Gasteiger partial charge is 0.368 e. The van der Waals surface area contributed by atoms with Crippen LogP contribution in [-0.4, -0.2) is 24.7 Å². The number of hydrogen-bond donors (Lipinski definition) is 1. The molecule has 1 amide bonds. The molecule has 3 unspecified atom stereocenters. The number of carbonyl (C=O) groups excluding carboxylic acids is 1. The second kappa shape index (κ2) is 4.30. The number of hydrogen-bond acceptors (Lipinski definition) is 2. The van der Waals surface area contributed by atoms with E-state index in [0.717, 1.165) is 38.2 Å². The zero-order chi connectivity index (χ0) is 9.97. The molecule has 1 aliphatic heterocycles. The van der Waals surface area contributed by atoms with Crippen LogP contribution in [0.15, 0.2) is 0 Å². The Bertz CT molecular complexity index is 211. The van der Waals surface area contributed by atoms with Crippen molar-refractivity contribution in [1.29, 1.82) is 0 Å². The fraction of sp³-hybridized carbons (Fsp3) is 0.909. The number of nitrogens with one attached hydrogen (secondary N) is 1. The summed E-state index contributed by atoms with van der Waals surface area (Å²) in [5.74, 6) is 0.881. The van der Waals surface area contributed by atoms with Gasteiger partial charge in [0.25, 0.3) is 0 Å². The van der Waals surface area contributed by atoms with Gasteiger partial charge in [0.1, 0.15) is 6.10 Å². The highest BCUT2D eigenvalue weighted by Gasteiger charge is 2.28. The van der Waals surface area contributed by atoms with Crippen LogP contribution in [0, 0.1) is 5.92 Å². The third-order valence-corrected chi connectivity index (χ3v) is 3.26. The van der Waals surface area contributed by atoms with E-state index in [4.69, 9.17) is 4.74 Å². The molecule has 0 aromatic heterocycles. The highest BCUT2D eigenvalue weighted by Crippen LogP contribution is 2.25. The minimum Gasteiger partial charge on any atom is -0.368 e. The second-order valence-corrected chi connectivity index (χ2v) is 4.63. The molecule has 2 fully saturated rings. The van der Waals surface area contributed by atoms with Crippen molar-refractivity contribution in [2.45, 2.75) is 51.2 Å². The van der Waals surface area contributed by atoms with E-state index in [9.17, 15) is 4.79 Å². The summed E-state index contributed by atoms with van der Waals surface area (Å²) in [4.78, 5) is 11.7. The first-order valence-electron chi connectivity index (χ1n) is 5.67. The minimum atomic E-state index is -0.161. The molecular formula is C11H19NO2. The van der Waals surface area contributed by atoms with Crippen LogP contribution in [0.1, 0.15) is 39.0 Å². The van der Waals surface area contributed by atoms with Crippen molar-refractivity contribution in [2.24, 2.45) is 5.92 Å². The van der Waals surface area contributed by atoms with Crippen molar-refractivity contribution in [3.05, 3.63) is 0 Å². The average molecular weight is 197 g/mol. The molecule has 3 heteroatoms. The summed E-state index contributed by atoms with van der Waals surface area (Å²) in [6.45, 7) is 3.00. The summed E-state index contributed by atoms with van der Waals surface area (Å²) >= 11 is 0. The molecule has 80 valence electrons. The van der Waals surface area contributed by atoms with Crippen LogP contribution < -0.4 is 5.32 Å². The molecule has 1 saturated heterocycles. The van der Waals surface area contributed by atoms with E-state index in [-0.39, 0.29) is 12.0 Å². The molecule has 0 aromatic carbocycles. The van der Waals surface area contributed by atoms with Crippen molar-refractivity contribution in [3.8, 4) is 0 Å². The van der Waals surface area contributed by atoms with Gasteiger partial charge in [0.15, 0.2) is 0 Å². The van der Waals surface area contributed by atoms with Gasteiger partial charge in [-0.2, -0.15) is 0 Å². The van der Waals surface area contributed by atoms with E-state index in [2.05, 4.69) is 12.2 Å². The number of rotatable bonds is 2. The van der Waals surface area contributed by atoms with Crippen molar-refractivity contribution in [1.82, 2.24) is 5.32 Å². The van der Waals surface area contributed by atoms with Gasteiger partial charge in [-0.3, -0.25) is 4.79 Å². The first-order chi connectivity index (χ1) is 6.75. The summed E-state index contributed by atoms with van der Waals surface area (Å²) in [7, 11) is 0. The van der Waals surface area contributed by atoms with E-state index in [1.807, 2.05) is 0 Å². The van der Waals surface area contributed by atoms with Crippen LogP contribution in [0.4, 0.5) is 0 Å². The molecule has 2 rings (SSSR count). The summed E-state index contributed by atoms with van der Waals surface area (Å²) in [6, 6.07) is 0.404. The molecule has 1 N–H and O–H groups in total. The molecule has 1 aliphatic carbocycles. The van der Waals surface area contributed by atoms with Gasteiger partial charge in [-0.25, -0.2) is 0 Å². The van der Waals surface area contributed by atoms with Gasteiger partial charge in [-0.05, 0) is 38.0 Å². The lowest BCUT2D eigenvalue weighted by molar-refractivity contribution is -0.130. The van der Waals surface area contributed by atoms with Crippen LogP contribution in [0.3, 0.4) is 0 Å². The van der Waals surface area contributed by atoms with Gasteiger partial charge in [-0.1, -0.05) is 6.92 Å². The van der Waals surface area contributed by atoms with E-state index in [1.54, 1.807) is 0 Å². The van der Waals surface area contributed by atoms with Crippen LogP contribution in [0.2, 0.25) is 0 Å².